The lowest BCUT2D eigenvalue weighted by molar-refractivity contribution is -0.112. The SMILES string of the molecule is CC(NC(=O)OCc1ccccc1)C(=O)Sc1ccccc1. The molecular formula is C17H17NO3S. The van der Waals surface area contributed by atoms with E-state index in [9.17, 15) is 9.59 Å². The van der Waals surface area contributed by atoms with Crippen LogP contribution in [0.15, 0.2) is 65.6 Å². The highest BCUT2D eigenvalue weighted by Crippen LogP contribution is 2.19. The number of alkyl carbamates (subject to hydrolysis) is 1. The van der Waals surface area contributed by atoms with Gasteiger partial charge in [0.15, 0.2) is 0 Å². The van der Waals surface area contributed by atoms with Gasteiger partial charge in [0.2, 0.25) is 5.12 Å². The van der Waals surface area contributed by atoms with Gasteiger partial charge in [0.25, 0.3) is 0 Å². The second-order valence-corrected chi connectivity index (χ2v) is 5.74. The molecule has 0 saturated heterocycles. The first-order valence-corrected chi connectivity index (χ1v) is 7.71. The third-order valence-electron chi connectivity index (χ3n) is 2.86. The number of amides is 1. The molecule has 0 aliphatic rings. The normalized spacial score (nSPS) is 11.5. The quantitative estimate of drug-likeness (QED) is 0.856. The molecule has 2 aromatic rings. The molecule has 0 aromatic heterocycles. The summed E-state index contributed by atoms with van der Waals surface area (Å²) in [6.45, 7) is 1.82. The molecule has 0 bridgehead atoms. The number of rotatable bonds is 5. The molecule has 114 valence electrons. The summed E-state index contributed by atoms with van der Waals surface area (Å²) >= 11 is 1.10. The Labute approximate surface area is 133 Å². The standard InChI is InChI=1S/C17H17NO3S/c1-13(16(19)22-15-10-6-3-7-11-15)18-17(20)21-12-14-8-4-2-5-9-14/h2-11,13H,12H2,1H3,(H,18,20). The zero-order valence-corrected chi connectivity index (χ0v) is 13.0. The first kappa shape index (κ1) is 16.1. The summed E-state index contributed by atoms with van der Waals surface area (Å²) in [6.07, 6.45) is -0.599. The molecule has 5 heteroatoms. The number of nitrogens with one attached hydrogen (secondary N) is 1. The summed E-state index contributed by atoms with van der Waals surface area (Å²) in [5.41, 5.74) is 0.898. The van der Waals surface area contributed by atoms with Crippen LogP contribution in [0.3, 0.4) is 0 Å². The monoisotopic (exact) mass is 315 g/mol. The van der Waals surface area contributed by atoms with E-state index in [2.05, 4.69) is 5.32 Å². The summed E-state index contributed by atoms with van der Waals surface area (Å²) in [5.74, 6) is 0. The fourth-order valence-corrected chi connectivity index (χ4v) is 2.45. The molecule has 1 amide bonds. The molecule has 4 nitrogen and oxygen atoms in total. The Hall–Kier alpha value is -2.27. The molecule has 0 aliphatic carbocycles. The molecule has 0 heterocycles. The van der Waals surface area contributed by atoms with Crippen molar-refractivity contribution in [3.8, 4) is 0 Å². The van der Waals surface area contributed by atoms with E-state index in [1.807, 2.05) is 60.7 Å². The predicted molar refractivity (Wildman–Crippen MR) is 86.5 cm³/mol. The van der Waals surface area contributed by atoms with Crippen molar-refractivity contribution < 1.29 is 14.3 Å². The van der Waals surface area contributed by atoms with Gasteiger partial charge in [-0.05, 0) is 36.4 Å². The van der Waals surface area contributed by atoms with Crippen LogP contribution in [-0.2, 0) is 16.1 Å². The molecule has 0 radical (unpaired) electrons. The van der Waals surface area contributed by atoms with Gasteiger partial charge in [-0.2, -0.15) is 0 Å². The fourth-order valence-electron chi connectivity index (χ4n) is 1.69. The van der Waals surface area contributed by atoms with E-state index in [-0.39, 0.29) is 11.7 Å². The van der Waals surface area contributed by atoms with Gasteiger partial charge in [0.05, 0.1) is 6.04 Å². The number of benzene rings is 2. The van der Waals surface area contributed by atoms with E-state index in [0.29, 0.717) is 0 Å². The largest absolute Gasteiger partial charge is 0.445 e. The molecule has 1 atom stereocenters. The molecule has 22 heavy (non-hydrogen) atoms. The Kier molecular flexibility index (Phi) is 6.03. The maximum Gasteiger partial charge on any atom is 0.408 e. The first-order valence-electron chi connectivity index (χ1n) is 6.89. The second kappa shape index (κ2) is 8.24. The van der Waals surface area contributed by atoms with Crippen molar-refractivity contribution >= 4 is 23.0 Å². The fraction of sp³-hybridized carbons (Fsp3) is 0.176. The van der Waals surface area contributed by atoms with Gasteiger partial charge >= 0.3 is 6.09 Å². The molecular weight excluding hydrogens is 298 g/mol. The van der Waals surface area contributed by atoms with Crippen LogP contribution in [0.5, 0.6) is 0 Å². The van der Waals surface area contributed by atoms with Crippen molar-refractivity contribution in [3.05, 3.63) is 66.2 Å². The molecule has 0 fully saturated rings. The van der Waals surface area contributed by atoms with E-state index in [1.165, 1.54) is 0 Å². The van der Waals surface area contributed by atoms with E-state index >= 15 is 0 Å². The highest BCUT2D eigenvalue weighted by atomic mass is 32.2. The van der Waals surface area contributed by atoms with Crippen molar-refractivity contribution in [2.75, 3.05) is 0 Å². The Bertz CT molecular complexity index is 616. The molecule has 2 aromatic carbocycles. The Morgan fingerprint density at radius 2 is 1.64 bits per heavy atom. The summed E-state index contributed by atoms with van der Waals surface area (Å²) in [7, 11) is 0. The van der Waals surface area contributed by atoms with Crippen LogP contribution in [-0.4, -0.2) is 17.3 Å². The lowest BCUT2D eigenvalue weighted by atomic mass is 10.2. The lowest BCUT2D eigenvalue weighted by Gasteiger charge is -2.12. The van der Waals surface area contributed by atoms with Crippen LogP contribution in [0, 0.1) is 0 Å². The average Bonchev–Trinajstić information content (AvgIpc) is 2.55. The minimum Gasteiger partial charge on any atom is -0.445 e. The van der Waals surface area contributed by atoms with Crippen molar-refractivity contribution in [1.82, 2.24) is 5.32 Å². The summed E-state index contributed by atoms with van der Waals surface area (Å²) in [6, 6.07) is 18.1. The number of thioether (sulfide) groups is 1. The number of hydrogen-bond acceptors (Lipinski definition) is 4. The van der Waals surface area contributed by atoms with Gasteiger partial charge in [0.1, 0.15) is 6.61 Å². The Balaban J connectivity index is 1.77. The predicted octanol–water partition coefficient (Wildman–Crippen LogP) is 3.62. The zero-order chi connectivity index (χ0) is 15.8. The number of hydrogen-bond donors (Lipinski definition) is 1. The highest BCUT2D eigenvalue weighted by molar-refractivity contribution is 8.13. The van der Waals surface area contributed by atoms with Gasteiger partial charge in [-0.25, -0.2) is 4.79 Å². The lowest BCUT2D eigenvalue weighted by Crippen LogP contribution is -2.37. The van der Waals surface area contributed by atoms with Crippen LogP contribution >= 0.6 is 11.8 Å². The van der Waals surface area contributed by atoms with Gasteiger partial charge in [-0.3, -0.25) is 4.79 Å². The number of ether oxygens (including phenoxy) is 1. The third kappa shape index (κ3) is 5.26. The first-order chi connectivity index (χ1) is 10.6. The Morgan fingerprint density at radius 3 is 2.27 bits per heavy atom. The second-order valence-electron chi connectivity index (χ2n) is 4.66. The number of carbonyl (C=O) groups is 2. The van der Waals surface area contributed by atoms with Gasteiger partial charge in [-0.15, -0.1) is 0 Å². The van der Waals surface area contributed by atoms with Gasteiger partial charge in [-0.1, -0.05) is 48.5 Å². The molecule has 1 unspecified atom stereocenters. The number of carbonyl (C=O) groups excluding carboxylic acids is 2. The van der Waals surface area contributed by atoms with E-state index in [0.717, 1.165) is 22.2 Å². The van der Waals surface area contributed by atoms with E-state index in [4.69, 9.17) is 4.74 Å². The van der Waals surface area contributed by atoms with Crippen LogP contribution in [0.4, 0.5) is 4.79 Å². The molecule has 2 rings (SSSR count). The molecule has 1 N–H and O–H groups in total. The van der Waals surface area contributed by atoms with Crippen LogP contribution in [0.25, 0.3) is 0 Å². The van der Waals surface area contributed by atoms with Crippen LogP contribution in [0.1, 0.15) is 12.5 Å². The maximum atomic E-state index is 12.0. The van der Waals surface area contributed by atoms with Crippen LogP contribution in [0.2, 0.25) is 0 Å². The summed E-state index contributed by atoms with van der Waals surface area (Å²) in [5, 5.41) is 2.40. The van der Waals surface area contributed by atoms with Gasteiger partial charge in [0, 0.05) is 4.90 Å². The van der Waals surface area contributed by atoms with Gasteiger partial charge < -0.3 is 10.1 Å². The minimum atomic E-state index is -0.617. The highest BCUT2D eigenvalue weighted by Gasteiger charge is 2.17. The van der Waals surface area contributed by atoms with Crippen molar-refractivity contribution in [3.63, 3.8) is 0 Å². The smallest absolute Gasteiger partial charge is 0.408 e. The maximum absolute atomic E-state index is 12.0. The zero-order valence-electron chi connectivity index (χ0n) is 12.2. The third-order valence-corrected chi connectivity index (χ3v) is 3.92. The summed E-state index contributed by atoms with van der Waals surface area (Å²) in [4.78, 5) is 24.5. The molecule has 0 aliphatic heterocycles. The van der Waals surface area contributed by atoms with Crippen molar-refractivity contribution in [2.24, 2.45) is 0 Å². The topological polar surface area (TPSA) is 55.4 Å². The Morgan fingerprint density at radius 1 is 1.05 bits per heavy atom. The summed E-state index contributed by atoms with van der Waals surface area (Å²) < 4.78 is 5.09. The van der Waals surface area contributed by atoms with Crippen molar-refractivity contribution in [1.29, 1.82) is 0 Å². The van der Waals surface area contributed by atoms with E-state index in [1.54, 1.807) is 6.92 Å². The molecule has 0 saturated carbocycles. The average molecular weight is 315 g/mol. The minimum absolute atomic E-state index is 0.136. The molecule has 0 spiro atoms. The van der Waals surface area contributed by atoms with Crippen molar-refractivity contribution in [2.45, 2.75) is 24.5 Å². The van der Waals surface area contributed by atoms with Crippen LogP contribution < -0.4 is 5.32 Å². The van der Waals surface area contributed by atoms with E-state index < -0.39 is 12.1 Å².